The molecule has 0 aliphatic heterocycles. The SMILES string of the molecule is CN(C)C(=O)CCOc1cccc(Cl)c1C=O. The summed E-state index contributed by atoms with van der Waals surface area (Å²) in [6, 6.07) is 4.96. The van der Waals surface area contributed by atoms with E-state index in [9.17, 15) is 9.59 Å². The molecule has 4 nitrogen and oxygen atoms in total. The first kappa shape index (κ1) is 13.5. The molecule has 17 heavy (non-hydrogen) atoms. The molecular formula is C12H14ClNO3. The zero-order valence-corrected chi connectivity index (χ0v) is 10.5. The molecule has 1 aromatic rings. The van der Waals surface area contributed by atoms with Crippen LogP contribution in [0.5, 0.6) is 5.75 Å². The molecule has 0 N–H and O–H groups in total. The van der Waals surface area contributed by atoms with E-state index in [1.54, 1.807) is 32.3 Å². The van der Waals surface area contributed by atoms with E-state index in [2.05, 4.69) is 0 Å². The molecule has 0 spiro atoms. The molecule has 0 fully saturated rings. The van der Waals surface area contributed by atoms with Gasteiger partial charge in [0.05, 0.1) is 23.6 Å². The molecule has 92 valence electrons. The molecule has 0 aliphatic carbocycles. The number of hydrogen-bond donors (Lipinski definition) is 0. The Morgan fingerprint density at radius 1 is 1.47 bits per heavy atom. The molecule has 0 heterocycles. The van der Waals surface area contributed by atoms with Crippen LogP contribution in [0.15, 0.2) is 18.2 Å². The summed E-state index contributed by atoms with van der Waals surface area (Å²) in [6.45, 7) is 0.220. The molecule has 0 bridgehead atoms. The number of benzene rings is 1. The molecule has 1 aromatic carbocycles. The van der Waals surface area contributed by atoms with Crippen molar-refractivity contribution in [1.29, 1.82) is 0 Å². The monoisotopic (exact) mass is 255 g/mol. The summed E-state index contributed by atoms with van der Waals surface area (Å²) in [5, 5.41) is 0.344. The molecule has 0 radical (unpaired) electrons. The minimum Gasteiger partial charge on any atom is -0.492 e. The summed E-state index contributed by atoms with van der Waals surface area (Å²) >= 11 is 5.84. The molecule has 0 unspecified atom stereocenters. The van der Waals surface area contributed by atoms with E-state index >= 15 is 0 Å². The largest absolute Gasteiger partial charge is 0.492 e. The number of hydrogen-bond acceptors (Lipinski definition) is 3. The predicted molar refractivity (Wildman–Crippen MR) is 65.6 cm³/mol. The fraction of sp³-hybridized carbons (Fsp3) is 0.333. The average molecular weight is 256 g/mol. The molecule has 0 aliphatic rings. The average Bonchev–Trinajstić information content (AvgIpc) is 2.29. The third kappa shape index (κ3) is 3.75. The highest BCUT2D eigenvalue weighted by Gasteiger charge is 2.08. The van der Waals surface area contributed by atoms with Gasteiger partial charge in [-0.25, -0.2) is 0 Å². The summed E-state index contributed by atoms with van der Waals surface area (Å²) in [4.78, 5) is 23.6. The summed E-state index contributed by atoms with van der Waals surface area (Å²) in [5.41, 5.74) is 0.312. The Morgan fingerprint density at radius 2 is 2.18 bits per heavy atom. The first-order chi connectivity index (χ1) is 8.06. The molecule has 0 atom stereocenters. The molecule has 0 saturated heterocycles. The lowest BCUT2D eigenvalue weighted by atomic mass is 10.2. The Morgan fingerprint density at radius 3 is 2.76 bits per heavy atom. The van der Waals surface area contributed by atoms with E-state index < -0.39 is 0 Å². The second-order valence-electron chi connectivity index (χ2n) is 3.66. The maximum Gasteiger partial charge on any atom is 0.225 e. The molecule has 1 rings (SSSR count). The quantitative estimate of drug-likeness (QED) is 0.756. The van der Waals surface area contributed by atoms with Crippen LogP contribution in [0.4, 0.5) is 0 Å². The second-order valence-corrected chi connectivity index (χ2v) is 4.06. The highest BCUT2D eigenvalue weighted by molar-refractivity contribution is 6.33. The van der Waals surface area contributed by atoms with Crippen molar-refractivity contribution in [2.75, 3.05) is 20.7 Å². The normalized spacial score (nSPS) is 9.82. The van der Waals surface area contributed by atoms with Gasteiger partial charge in [0.1, 0.15) is 5.75 Å². The lowest BCUT2D eigenvalue weighted by Gasteiger charge is -2.12. The van der Waals surface area contributed by atoms with E-state index in [1.807, 2.05) is 0 Å². The summed E-state index contributed by atoms with van der Waals surface area (Å²) in [5.74, 6) is 0.374. The van der Waals surface area contributed by atoms with E-state index in [4.69, 9.17) is 16.3 Å². The van der Waals surface area contributed by atoms with E-state index in [1.165, 1.54) is 4.90 Å². The Labute approximate surface area is 105 Å². The smallest absolute Gasteiger partial charge is 0.225 e. The van der Waals surface area contributed by atoms with Crippen molar-refractivity contribution >= 4 is 23.8 Å². The third-order valence-corrected chi connectivity index (χ3v) is 2.53. The van der Waals surface area contributed by atoms with E-state index in [-0.39, 0.29) is 18.9 Å². The highest BCUT2D eigenvalue weighted by atomic mass is 35.5. The third-order valence-electron chi connectivity index (χ3n) is 2.20. The topological polar surface area (TPSA) is 46.6 Å². The first-order valence-electron chi connectivity index (χ1n) is 5.13. The molecule has 0 saturated carbocycles. The molecule has 0 aromatic heterocycles. The number of rotatable bonds is 5. The number of amides is 1. The first-order valence-corrected chi connectivity index (χ1v) is 5.50. The standard InChI is InChI=1S/C12H14ClNO3/c1-14(2)12(16)6-7-17-11-5-3-4-10(13)9(11)8-15/h3-5,8H,6-7H2,1-2H3. The van der Waals surface area contributed by atoms with Crippen LogP contribution in [-0.4, -0.2) is 37.8 Å². The summed E-state index contributed by atoms with van der Waals surface area (Å²) in [7, 11) is 3.36. The summed E-state index contributed by atoms with van der Waals surface area (Å²) < 4.78 is 5.37. The van der Waals surface area contributed by atoms with Crippen molar-refractivity contribution in [1.82, 2.24) is 4.90 Å². The van der Waals surface area contributed by atoms with Crippen LogP contribution < -0.4 is 4.74 Å². The molecular weight excluding hydrogens is 242 g/mol. The van der Waals surface area contributed by atoms with E-state index in [0.717, 1.165) is 0 Å². The van der Waals surface area contributed by atoms with Gasteiger partial charge in [-0.1, -0.05) is 17.7 Å². The van der Waals surface area contributed by atoms with Crippen LogP contribution in [-0.2, 0) is 4.79 Å². The number of halogens is 1. The lowest BCUT2D eigenvalue weighted by molar-refractivity contribution is -0.129. The second kappa shape index (κ2) is 6.25. The van der Waals surface area contributed by atoms with Crippen LogP contribution in [0, 0.1) is 0 Å². The Balaban J connectivity index is 2.61. The summed E-state index contributed by atoms with van der Waals surface area (Å²) in [6.07, 6.45) is 0.906. The number of nitrogens with zero attached hydrogens (tertiary/aromatic N) is 1. The van der Waals surface area contributed by atoms with Crippen molar-refractivity contribution in [3.8, 4) is 5.75 Å². The van der Waals surface area contributed by atoms with Gasteiger partial charge in [-0.3, -0.25) is 9.59 Å². The minimum atomic E-state index is -0.0281. The lowest BCUT2D eigenvalue weighted by Crippen LogP contribution is -2.23. The van der Waals surface area contributed by atoms with Crippen LogP contribution in [0.25, 0.3) is 0 Å². The van der Waals surface area contributed by atoms with Gasteiger partial charge in [-0.2, -0.15) is 0 Å². The van der Waals surface area contributed by atoms with Crippen LogP contribution in [0.2, 0.25) is 5.02 Å². The number of carbonyl (C=O) groups excluding carboxylic acids is 2. The van der Waals surface area contributed by atoms with Gasteiger partial charge >= 0.3 is 0 Å². The number of carbonyl (C=O) groups is 2. The van der Waals surface area contributed by atoms with Crippen molar-refractivity contribution in [3.05, 3.63) is 28.8 Å². The van der Waals surface area contributed by atoms with Gasteiger partial charge in [0.25, 0.3) is 0 Å². The van der Waals surface area contributed by atoms with Crippen LogP contribution >= 0.6 is 11.6 Å². The van der Waals surface area contributed by atoms with Gasteiger partial charge in [0.2, 0.25) is 5.91 Å². The Kier molecular flexibility index (Phi) is 4.97. The maximum atomic E-state index is 11.3. The molecule has 1 amide bonds. The fourth-order valence-electron chi connectivity index (χ4n) is 1.23. The maximum absolute atomic E-state index is 11.3. The highest BCUT2D eigenvalue weighted by Crippen LogP contribution is 2.24. The van der Waals surface area contributed by atoms with E-state index in [0.29, 0.717) is 22.6 Å². The van der Waals surface area contributed by atoms with Crippen LogP contribution in [0.1, 0.15) is 16.8 Å². The van der Waals surface area contributed by atoms with Crippen molar-refractivity contribution in [2.24, 2.45) is 0 Å². The van der Waals surface area contributed by atoms with Crippen molar-refractivity contribution in [2.45, 2.75) is 6.42 Å². The van der Waals surface area contributed by atoms with Gasteiger partial charge in [0.15, 0.2) is 6.29 Å². The van der Waals surface area contributed by atoms with Crippen molar-refractivity contribution < 1.29 is 14.3 Å². The number of aldehydes is 1. The van der Waals surface area contributed by atoms with Gasteiger partial charge in [-0.05, 0) is 12.1 Å². The Bertz CT molecular complexity index is 418. The van der Waals surface area contributed by atoms with Gasteiger partial charge < -0.3 is 9.64 Å². The Hall–Kier alpha value is -1.55. The fourth-order valence-corrected chi connectivity index (χ4v) is 1.44. The zero-order chi connectivity index (χ0) is 12.8. The zero-order valence-electron chi connectivity index (χ0n) is 9.77. The predicted octanol–water partition coefficient (Wildman–Crippen LogP) is 2.01. The van der Waals surface area contributed by atoms with Crippen molar-refractivity contribution in [3.63, 3.8) is 0 Å². The van der Waals surface area contributed by atoms with Gasteiger partial charge in [-0.15, -0.1) is 0 Å². The number of ether oxygens (including phenoxy) is 1. The van der Waals surface area contributed by atoms with Gasteiger partial charge in [0, 0.05) is 14.1 Å². The van der Waals surface area contributed by atoms with Crippen LogP contribution in [0.3, 0.4) is 0 Å². The molecule has 5 heteroatoms. The minimum absolute atomic E-state index is 0.0281.